The maximum atomic E-state index is 11.7. The number of sulfonamides is 1. The summed E-state index contributed by atoms with van der Waals surface area (Å²) in [7, 11) is -1.70. The van der Waals surface area contributed by atoms with Crippen molar-refractivity contribution >= 4 is 31.9 Å². The molecule has 0 radical (unpaired) electrons. The molecule has 1 rings (SSSR count). The van der Waals surface area contributed by atoms with Gasteiger partial charge in [-0.3, -0.25) is 4.79 Å². The lowest BCUT2D eigenvalue weighted by Crippen LogP contribution is -2.28. The number of aryl methyl sites for hydroxylation is 1. The summed E-state index contributed by atoms with van der Waals surface area (Å²) in [6, 6.07) is 1.69. The standard InChI is InChI=1S/C9H14BrN3O3S/c1-13-6-7(10)5-8(13)9(14)12-3-2-4-17(11,15)16/h5-6H,2-4H2,1H3,(H,12,14)(H2,11,15,16). The summed E-state index contributed by atoms with van der Waals surface area (Å²) in [5.41, 5.74) is 0.507. The van der Waals surface area contributed by atoms with Gasteiger partial charge in [0.1, 0.15) is 5.69 Å². The highest BCUT2D eigenvalue weighted by atomic mass is 79.9. The van der Waals surface area contributed by atoms with Gasteiger partial charge in [-0.2, -0.15) is 0 Å². The monoisotopic (exact) mass is 323 g/mol. The van der Waals surface area contributed by atoms with Crippen molar-refractivity contribution in [2.24, 2.45) is 12.2 Å². The molecule has 1 aromatic heterocycles. The molecule has 0 saturated carbocycles. The summed E-state index contributed by atoms with van der Waals surface area (Å²) >= 11 is 3.26. The first-order chi connectivity index (χ1) is 7.79. The largest absolute Gasteiger partial charge is 0.351 e. The van der Waals surface area contributed by atoms with E-state index in [1.54, 1.807) is 23.9 Å². The lowest BCUT2D eigenvalue weighted by atomic mass is 10.4. The molecule has 96 valence electrons. The zero-order valence-electron chi connectivity index (χ0n) is 9.31. The second-order valence-corrected chi connectivity index (χ2v) is 6.28. The first-order valence-electron chi connectivity index (χ1n) is 4.90. The highest BCUT2D eigenvalue weighted by Gasteiger charge is 2.10. The molecule has 1 aromatic rings. The molecular formula is C9H14BrN3O3S. The summed E-state index contributed by atoms with van der Waals surface area (Å²) < 4.78 is 23.8. The van der Waals surface area contributed by atoms with Gasteiger partial charge in [-0.15, -0.1) is 0 Å². The molecule has 17 heavy (non-hydrogen) atoms. The molecule has 0 fully saturated rings. The van der Waals surface area contributed by atoms with Crippen LogP contribution in [0.3, 0.4) is 0 Å². The van der Waals surface area contributed by atoms with Crippen LogP contribution in [0.2, 0.25) is 0 Å². The van der Waals surface area contributed by atoms with Crippen LogP contribution < -0.4 is 10.5 Å². The van der Waals surface area contributed by atoms with E-state index in [-0.39, 0.29) is 18.2 Å². The quantitative estimate of drug-likeness (QED) is 0.758. The zero-order chi connectivity index (χ0) is 13.1. The predicted molar refractivity (Wildman–Crippen MR) is 68.0 cm³/mol. The molecule has 0 aromatic carbocycles. The molecule has 0 spiro atoms. The van der Waals surface area contributed by atoms with Crippen LogP contribution in [0.4, 0.5) is 0 Å². The average Bonchev–Trinajstić information content (AvgIpc) is 2.51. The van der Waals surface area contributed by atoms with Crippen LogP contribution in [-0.4, -0.2) is 31.2 Å². The summed E-state index contributed by atoms with van der Waals surface area (Å²) in [5, 5.41) is 7.47. The second kappa shape index (κ2) is 5.65. The van der Waals surface area contributed by atoms with Crippen molar-refractivity contribution in [2.45, 2.75) is 6.42 Å². The Morgan fingerprint density at radius 1 is 1.59 bits per heavy atom. The Hall–Kier alpha value is -0.860. The third-order valence-corrected chi connectivity index (χ3v) is 3.39. The fraction of sp³-hybridized carbons (Fsp3) is 0.444. The fourth-order valence-corrected chi connectivity index (χ4v) is 2.39. The van der Waals surface area contributed by atoms with Gasteiger partial charge in [0.25, 0.3) is 5.91 Å². The van der Waals surface area contributed by atoms with Crippen molar-refractivity contribution in [3.05, 3.63) is 22.4 Å². The summed E-state index contributed by atoms with van der Waals surface area (Å²) in [6.07, 6.45) is 2.06. The Morgan fingerprint density at radius 2 is 2.24 bits per heavy atom. The van der Waals surface area contributed by atoms with Crippen molar-refractivity contribution in [1.82, 2.24) is 9.88 Å². The molecule has 0 unspecified atom stereocenters. The molecule has 0 saturated heterocycles. The van der Waals surface area contributed by atoms with Crippen LogP contribution in [0.5, 0.6) is 0 Å². The fourth-order valence-electron chi connectivity index (χ4n) is 1.32. The Kier molecular flexibility index (Phi) is 4.72. The third-order valence-electron chi connectivity index (χ3n) is 2.10. The molecule has 0 aliphatic heterocycles. The van der Waals surface area contributed by atoms with Crippen LogP contribution in [0.15, 0.2) is 16.7 Å². The van der Waals surface area contributed by atoms with E-state index in [9.17, 15) is 13.2 Å². The van der Waals surface area contributed by atoms with E-state index in [2.05, 4.69) is 21.2 Å². The number of halogens is 1. The minimum atomic E-state index is -3.45. The predicted octanol–water partition coefficient (Wildman–Crippen LogP) is 0.196. The molecule has 0 aliphatic carbocycles. The Morgan fingerprint density at radius 3 is 2.71 bits per heavy atom. The van der Waals surface area contributed by atoms with E-state index in [0.717, 1.165) is 4.47 Å². The lowest BCUT2D eigenvalue weighted by molar-refractivity contribution is 0.0945. The van der Waals surface area contributed by atoms with E-state index in [1.165, 1.54) is 0 Å². The van der Waals surface area contributed by atoms with E-state index in [1.807, 2.05) is 0 Å². The minimum Gasteiger partial charge on any atom is -0.351 e. The van der Waals surface area contributed by atoms with E-state index in [4.69, 9.17) is 5.14 Å². The van der Waals surface area contributed by atoms with Crippen molar-refractivity contribution < 1.29 is 13.2 Å². The third kappa shape index (κ3) is 4.88. The van der Waals surface area contributed by atoms with Gasteiger partial charge in [-0.1, -0.05) is 0 Å². The van der Waals surface area contributed by atoms with Crippen LogP contribution in [0.25, 0.3) is 0 Å². The summed E-state index contributed by atoms with van der Waals surface area (Å²) in [6.45, 7) is 0.276. The number of hydrogen-bond acceptors (Lipinski definition) is 3. The number of amides is 1. The van der Waals surface area contributed by atoms with Crippen LogP contribution in [0, 0.1) is 0 Å². The topological polar surface area (TPSA) is 94.2 Å². The van der Waals surface area contributed by atoms with Gasteiger partial charge in [-0.25, -0.2) is 13.6 Å². The molecule has 8 heteroatoms. The van der Waals surface area contributed by atoms with Gasteiger partial charge in [0.15, 0.2) is 0 Å². The van der Waals surface area contributed by atoms with Crippen LogP contribution in [-0.2, 0) is 17.1 Å². The smallest absolute Gasteiger partial charge is 0.267 e. The first-order valence-corrected chi connectivity index (χ1v) is 7.41. The molecule has 3 N–H and O–H groups in total. The number of nitrogens with one attached hydrogen (secondary N) is 1. The van der Waals surface area contributed by atoms with E-state index < -0.39 is 10.0 Å². The van der Waals surface area contributed by atoms with E-state index in [0.29, 0.717) is 12.1 Å². The SMILES string of the molecule is Cn1cc(Br)cc1C(=O)NCCCS(N)(=O)=O. The van der Waals surface area contributed by atoms with Crippen LogP contribution >= 0.6 is 15.9 Å². The first kappa shape index (κ1) is 14.2. The van der Waals surface area contributed by atoms with Gasteiger partial charge < -0.3 is 9.88 Å². The number of nitrogens with two attached hydrogens (primary N) is 1. The zero-order valence-corrected chi connectivity index (χ0v) is 11.7. The van der Waals surface area contributed by atoms with Crippen molar-refractivity contribution in [3.63, 3.8) is 0 Å². The molecule has 1 heterocycles. The molecule has 1 amide bonds. The Bertz CT molecular complexity index is 510. The van der Waals surface area contributed by atoms with Crippen molar-refractivity contribution in [3.8, 4) is 0 Å². The second-order valence-electron chi connectivity index (χ2n) is 3.63. The number of rotatable bonds is 5. The molecule has 6 nitrogen and oxygen atoms in total. The molecule has 0 aliphatic rings. The number of nitrogens with zero attached hydrogens (tertiary/aromatic N) is 1. The van der Waals surface area contributed by atoms with Gasteiger partial charge in [0, 0.05) is 24.3 Å². The number of carbonyl (C=O) groups excluding carboxylic acids is 1. The molecular weight excluding hydrogens is 310 g/mol. The Labute approximate surface area is 108 Å². The van der Waals surface area contributed by atoms with Crippen molar-refractivity contribution in [2.75, 3.05) is 12.3 Å². The number of carbonyl (C=O) groups is 1. The average molecular weight is 324 g/mol. The van der Waals surface area contributed by atoms with Gasteiger partial charge in [-0.05, 0) is 28.4 Å². The molecule has 0 atom stereocenters. The molecule has 0 bridgehead atoms. The number of aromatic nitrogens is 1. The maximum Gasteiger partial charge on any atom is 0.267 e. The van der Waals surface area contributed by atoms with E-state index >= 15 is 0 Å². The Balaban J connectivity index is 2.43. The summed E-state index contributed by atoms with van der Waals surface area (Å²) in [4.78, 5) is 11.7. The van der Waals surface area contributed by atoms with Crippen molar-refractivity contribution in [1.29, 1.82) is 0 Å². The van der Waals surface area contributed by atoms with Crippen LogP contribution in [0.1, 0.15) is 16.9 Å². The highest BCUT2D eigenvalue weighted by molar-refractivity contribution is 9.10. The number of primary sulfonamides is 1. The van der Waals surface area contributed by atoms with Gasteiger partial charge in [0.05, 0.1) is 5.75 Å². The normalized spacial score (nSPS) is 11.5. The summed E-state index contributed by atoms with van der Waals surface area (Å²) in [5.74, 6) is -0.378. The van der Waals surface area contributed by atoms with Gasteiger partial charge in [0.2, 0.25) is 10.0 Å². The maximum absolute atomic E-state index is 11.7. The van der Waals surface area contributed by atoms with Gasteiger partial charge >= 0.3 is 0 Å². The minimum absolute atomic E-state index is 0.135. The highest BCUT2D eigenvalue weighted by Crippen LogP contribution is 2.13. The lowest BCUT2D eigenvalue weighted by Gasteiger charge is -2.05. The number of hydrogen-bond donors (Lipinski definition) is 2.